The van der Waals surface area contributed by atoms with Crippen LogP contribution in [0.4, 0.5) is 0 Å². The second kappa shape index (κ2) is 15.9. The topological polar surface area (TPSA) is 25.5 Å². The second-order valence-corrected chi connectivity index (χ2v) is 18.7. The van der Waals surface area contributed by atoms with Crippen molar-refractivity contribution in [3.63, 3.8) is 0 Å². The van der Waals surface area contributed by atoms with E-state index in [9.17, 15) is 0 Å². The lowest BCUT2D eigenvalue weighted by molar-refractivity contribution is 0.517. The lowest BCUT2D eigenvalue weighted by atomic mass is 9.81. The molecule has 2 nitrogen and oxygen atoms in total. The van der Waals surface area contributed by atoms with Gasteiger partial charge in [-0.05, 0) is 159 Å². The lowest BCUT2D eigenvalue weighted by Crippen LogP contribution is -2.10. The maximum absolute atomic E-state index is 6.73. The zero-order valence-electron chi connectivity index (χ0n) is 36.1. The van der Waals surface area contributed by atoms with Gasteiger partial charge in [0.05, 0.1) is 6.04 Å². The third-order valence-electron chi connectivity index (χ3n) is 13.8. The monoisotopic (exact) mass is 841 g/mol. The fourth-order valence-corrected chi connectivity index (χ4v) is 11.7. The van der Waals surface area contributed by atoms with Gasteiger partial charge in [0.25, 0.3) is 0 Å². The van der Waals surface area contributed by atoms with Crippen LogP contribution in [0.2, 0.25) is 0 Å². The van der Waals surface area contributed by atoms with Crippen LogP contribution in [0.1, 0.15) is 62.3 Å². The van der Waals surface area contributed by atoms with Gasteiger partial charge in [-0.3, -0.25) is 4.99 Å². The van der Waals surface area contributed by atoms with E-state index in [0.29, 0.717) is 5.92 Å². The molecular formula is C61H47NOS. The maximum Gasteiger partial charge on any atom is 0.136 e. The van der Waals surface area contributed by atoms with E-state index in [1.54, 1.807) is 0 Å². The number of fused-ring (bicyclic) bond motifs is 8. The van der Waals surface area contributed by atoms with Crippen LogP contribution in [0.15, 0.2) is 203 Å². The van der Waals surface area contributed by atoms with Crippen molar-refractivity contribution in [2.45, 2.75) is 45.6 Å². The highest BCUT2D eigenvalue weighted by atomic mass is 32.1. The summed E-state index contributed by atoms with van der Waals surface area (Å²) in [4.78, 5) is 5.98. The molecule has 308 valence electrons. The van der Waals surface area contributed by atoms with E-state index < -0.39 is 0 Å². The van der Waals surface area contributed by atoms with Gasteiger partial charge in [-0.2, -0.15) is 0 Å². The first kappa shape index (κ1) is 38.6. The predicted molar refractivity (Wildman–Crippen MR) is 275 cm³/mol. The smallest absolute Gasteiger partial charge is 0.136 e. The van der Waals surface area contributed by atoms with Gasteiger partial charge >= 0.3 is 0 Å². The maximum atomic E-state index is 6.73. The number of hydrogen-bond acceptors (Lipinski definition) is 3. The Morgan fingerprint density at radius 2 is 1.22 bits per heavy atom. The van der Waals surface area contributed by atoms with E-state index in [0.717, 1.165) is 58.9 Å². The molecule has 0 amide bonds. The van der Waals surface area contributed by atoms with Crippen molar-refractivity contribution in [2.24, 2.45) is 10.9 Å². The summed E-state index contributed by atoms with van der Waals surface area (Å²) >= 11 is 1.88. The SMILES string of the molecule is CCC1CC(c2ccc3sc4ccccc4c3c2)/N=C(/c2cc(-c3cc(-c4ccc5ccccc5c4)cc4oc5ccccc5c34)c3ccccc3c2)CC/C(C)=C/1c1ccccc1. The van der Waals surface area contributed by atoms with Crippen LogP contribution in [0, 0.1) is 5.92 Å². The van der Waals surface area contributed by atoms with Crippen LogP contribution >= 0.6 is 11.3 Å². The molecule has 12 rings (SSSR count). The van der Waals surface area contributed by atoms with Crippen LogP contribution in [0.3, 0.4) is 0 Å². The van der Waals surface area contributed by atoms with Gasteiger partial charge in [-0.25, -0.2) is 0 Å². The summed E-state index contributed by atoms with van der Waals surface area (Å²) in [5, 5.41) is 9.81. The van der Waals surface area contributed by atoms with Gasteiger partial charge in [0.1, 0.15) is 11.2 Å². The van der Waals surface area contributed by atoms with Gasteiger partial charge in [0, 0.05) is 36.7 Å². The first-order valence-electron chi connectivity index (χ1n) is 22.8. The quantitative estimate of drug-likeness (QED) is 0.164. The zero-order valence-corrected chi connectivity index (χ0v) is 37.0. The number of thiophene rings is 1. The van der Waals surface area contributed by atoms with E-state index >= 15 is 0 Å². The summed E-state index contributed by atoms with van der Waals surface area (Å²) < 4.78 is 9.39. The number of furan rings is 1. The summed E-state index contributed by atoms with van der Waals surface area (Å²) in [7, 11) is 0. The largest absolute Gasteiger partial charge is 0.456 e. The molecule has 11 aromatic rings. The van der Waals surface area contributed by atoms with E-state index in [1.165, 1.54) is 86.2 Å². The molecule has 0 fully saturated rings. The predicted octanol–water partition coefficient (Wildman–Crippen LogP) is 17.8. The third kappa shape index (κ3) is 6.74. The summed E-state index contributed by atoms with van der Waals surface area (Å²) in [5.41, 5.74) is 14.4. The molecule has 9 aromatic carbocycles. The molecule has 3 heterocycles. The fraction of sp³-hybridized carbons (Fsp3) is 0.131. The van der Waals surface area contributed by atoms with Crippen molar-refractivity contribution < 1.29 is 4.42 Å². The number of nitrogens with zero attached hydrogens (tertiary/aromatic N) is 1. The van der Waals surface area contributed by atoms with Crippen molar-refractivity contribution in [3.8, 4) is 22.3 Å². The second-order valence-electron chi connectivity index (χ2n) is 17.6. The molecule has 0 radical (unpaired) electrons. The zero-order chi connectivity index (χ0) is 42.7. The van der Waals surface area contributed by atoms with Crippen molar-refractivity contribution in [2.75, 3.05) is 0 Å². The summed E-state index contributed by atoms with van der Waals surface area (Å²) in [5.74, 6) is 0.359. The number of para-hydroxylation sites is 1. The van der Waals surface area contributed by atoms with Crippen molar-refractivity contribution in [1.29, 1.82) is 0 Å². The Kier molecular flexibility index (Phi) is 9.61. The Labute approximate surface area is 377 Å². The molecule has 0 N–H and O–H groups in total. The number of aliphatic imine (C=N–C) groups is 1. The van der Waals surface area contributed by atoms with Gasteiger partial charge in [0.2, 0.25) is 0 Å². The fourth-order valence-electron chi connectivity index (χ4n) is 10.6. The van der Waals surface area contributed by atoms with Crippen LogP contribution in [-0.4, -0.2) is 5.71 Å². The van der Waals surface area contributed by atoms with E-state index in [-0.39, 0.29) is 6.04 Å². The van der Waals surface area contributed by atoms with Gasteiger partial charge in [-0.15, -0.1) is 11.3 Å². The molecule has 2 unspecified atom stereocenters. The Morgan fingerprint density at radius 3 is 2.08 bits per heavy atom. The van der Waals surface area contributed by atoms with E-state index in [1.807, 2.05) is 11.3 Å². The Bertz CT molecular complexity index is 3660. The first-order chi connectivity index (χ1) is 31.6. The highest BCUT2D eigenvalue weighted by molar-refractivity contribution is 7.25. The number of rotatable bonds is 6. The minimum Gasteiger partial charge on any atom is -0.456 e. The standard InChI is InChI=1S/C61H47NOS/c1-3-39-36-55(45-28-30-59-52(33-45)49-21-12-14-24-58(49)64-59)62-54(29-25-38(2)60(39)41-16-5-4-6-17-41)47-32-44-19-9-10-20-48(44)51(35-47)53-34-46(43-27-26-40-15-7-8-18-42(40)31-43)37-57-61(53)50-22-11-13-23-56(50)63-57/h4-24,26-28,30-35,37,39,55H,3,25,29,36H2,1-2H3/b60-38-,62-54+. The molecule has 0 saturated carbocycles. The van der Waals surface area contributed by atoms with E-state index in [4.69, 9.17) is 9.41 Å². The lowest BCUT2D eigenvalue weighted by Gasteiger charge is -2.25. The van der Waals surface area contributed by atoms with Crippen LogP contribution in [-0.2, 0) is 0 Å². The van der Waals surface area contributed by atoms with Crippen LogP contribution < -0.4 is 0 Å². The number of benzene rings is 9. The van der Waals surface area contributed by atoms with Gasteiger partial charge in [-0.1, -0.05) is 146 Å². The molecule has 0 aliphatic carbocycles. The van der Waals surface area contributed by atoms with Crippen LogP contribution in [0.25, 0.3) is 91.5 Å². The molecule has 0 saturated heterocycles. The van der Waals surface area contributed by atoms with Gasteiger partial charge < -0.3 is 4.42 Å². The molecule has 0 spiro atoms. The number of allylic oxidation sites excluding steroid dienone is 2. The highest BCUT2D eigenvalue weighted by Gasteiger charge is 2.27. The molecule has 1 aliphatic rings. The average Bonchev–Trinajstić information content (AvgIpc) is 3.93. The molecular weight excluding hydrogens is 795 g/mol. The Balaban J connectivity index is 1.09. The summed E-state index contributed by atoms with van der Waals surface area (Å²) in [6.45, 7) is 4.73. The van der Waals surface area contributed by atoms with Crippen molar-refractivity contribution in [1.82, 2.24) is 0 Å². The first-order valence-corrected chi connectivity index (χ1v) is 23.6. The Morgan fingerprint density at radius 1 is 0.516 bits per heavy atom. The summed E-state index contributed by atoms with van der Waals surface area (Å²) in [6, 6.07) is 69.3. The van der Waals surface area contributed by atoms with Crippen molar-refractivity contribution >= 4 is 86.3 Å². The molecule has 64 heavy (non-hydrogen) atoms. The summed E-state index contributed by atoms with van der Waals surface area (Å²) in [6.07, 6.45) is 3.77. The Hall–Kier alpha value is -7.07. The number of hydrogen-bond donors (Lipinski definition) is 0. The normalized spacial score (nSPS) is 18.1. The van der Waals surface area contributed by atoms with Crippen LogP contribution in [0.5, 0.6) is 0 Å². The highest BCUT2D eigenvalue weighted by Crippen LogP contribution is 2.45. The average molecular weight is 842 g/mol. The molecule has 1 aliphatic heterocycles. The molecule has 2 aromatic heterocycles. The molecule has 3 heteroatoms. The van der Waals surface area contributed by atoms with E-state index in [2.05, 4.69) is 202 Å². The molecule has 2 atom stereocenters. The minimum atomic E-state index is -0.0247. The van der Waals surface area contributed by atoms with Crippen molar-refractivity contribution in [3.05, 3.63) is 210 Å². The van der Waals surface area contributed by atoms with Gasteiger partial charge in [0.15, 0.2) is 0 Å². The minimum absolute atomic E-state index is 0.0247. The third-order valence-corrected chi connectivity index (χ3v) is 15.0. The molecule has 0 bridgehead atoms.